The van der Waals surface area contributed by atoms with E-state index in [1.54, 1.807) is 13.0 Å². The first kappa shape index (κ1) is 16.5. The second-order valence-corrected chi connectivity index (χ2v) is 8.91. The van der Waals surface area contributed by atoms with Gasteiger partial charge in [0.25, 0.3) is 0 Å². The lowest BCUT2D eigenvalue weighted by Gasteiger charge is -2.36. The second-order valence-electron chi connectivity index (χ2n) is 5.79. The van der Waals surface area contributed by atoms with Gasteiger partial charge in [0.2, 0.25) is 10.0 Å². The topological polar surface area (TPSA) is 83.5 Å². The Kier molecular flexibility index (Phi) is 4.75. The lowest BCUT2D eigenvalue weighted by atomic mass is 9.80. The van der Waals surface area contributed by atoms with Crippen LogP contribution in [0.15, 0.2) is 11.0 Å². The van der Waals surface area contributed by atoms with Crippen LogP contribution in [0, 0.1) is 13.8 Å². The molecule has 118 valence electrons. The van der Waals surface area contributed by atoms with E-state index in [1.807, 2.05) is 6.92 Å². The molecule has 21 heavy (non-hydrogen) atoms. The maximum absolute atomic E-state index is 12.6. The Balaban J connectivity index is 2.31. The monoisotopic (exact) mass is 331 g/mol. The minimum Gasteiger partial charge on any atom is -0.481 e. The zero-order valence-corrected chi connectivity index (χ0v) is 13.9. The molecular weight excluding hydrogens is 310 g/mol. The van der Waals surface area contributed by atoms with Crippen molar-refractivity contribution in [3.63, 3.8) is 0 Å². The summed E-state index contributed by atoms with van der Waals surface area (Å²) in [6.07, 6.45) is 3.75. The van der Waals surface area contributed by atoms with Gasteiger partial charge in [0, 0.05) is 15.3 Å². The lowest BCUT2D eigenvalue weighted by Crippen LogP contribution is -2.50. The molecule has 1 aliphatic carbocycles. The van der Waals surface area contributed by atoms with E-state index in [1.165, 1.54) is 11.3 Å². The Bertz CT molecular complexity index is 627. The summed E-state index contributed by atoms with van der Waals surface area (Å²) in [5, 5.41) is 9.12. The highest BCUT2D eigenvalue weighted by molar-refractivity contribution is 7.89. The van der Waals surface area contributed by atoms with Crippen LogP contribution in [0.1, 0.15) is 48.3 Å². The van der Waals surface area contributed by atoms with E-state index in [2.05, 4.69) is 4.72 Å². The van der Waals surface area contributed by atoms with Crippen LogP contribution in [0.5, 0.6) is 0 Å². The third-order valence-corrected chi connectivity index (χ3v) is 6.74. The van der Waals surface area contributed by atoms with Gasteiger partial charge in [-0.25, -0.2) is 13.1 Å². The highest BCUT2D eigenvalue weighted by Gasteiger charge is 2.39. The summed E-state index contributed by atoms with van der Waals surface area (Å²) >= 11 is 1.44. The number of aliphatic carboxylic acids is 1. The van der Waals surface area contributed by atoms with Crippen molar-refractivity contribution in [1.82, 2.24) is 4.72 Å². The van der Waals surface area contributed by atoms with Gasteiger partial charge in [-0.3, -0.25) is 4.79 Å². The van der Waals surface area contributed by atoms with Crippen LogP contribution in [-0.2, 0) is 14.8 Å². The number of aryl methyl sites for hydroxylation is 2. The van der Waals surface area contributed by atoms with Gasteiger partial charge in [0.15, 0.2) is 0 Å². The molecule has 0 atom stereocenters. The highest BCUT2D eigenvalue weighted by atomic mass is 32.2. The molecule has 1 aromatic heterocycles. The SMILES string of the molecule is Cc1cc(S(=O)(=O)NC2(CC(=O)O)CCCCC2)c(C)s1. The normalized spacial score (nSPS) is 18.6. The minimum absolute atomic E-state index is 0.158. The summed E-state index contributed by atoms with van der Waals surface area (Å²) in [5.74, 6) is -0.960. The van der Waals surface area contributed by atoms with Crippen molar-refractivity contribution in [2.45, 2.75) is 62.8 Å². The number of hydrogen-bond donors (Lipinski definition) is 2. The fourth-order valence-electron chi connectivity index (χ4n) is 3.05. The Morgan fingerprint density at radius 3 is 2.43 bits per heavy atom. The molecule has 1 heterocycles. The Labute approximate surface area is 129 Å². The molecule has 0 unspecified atom stereocenters. The molecule has 0 aromatic carbocycles. The third kappa shape index (κ3) is 3.84. The summed E-state index contributed by atoms with van der Waals surface area (Å²) in [6.45, 7) is 3.64. The number of rotatable bonds is 5. The number of sulfonamides is 1. The standard InChI is InChI=1S/C14H21NO4S2/c1-10-8-12(11(2)20-10)21(18,19)15-14(9-13(16)17)6-4-3-5-7-14/h8,15H,3-7,9H2,1-2H3,(H,16,17). The number of hydrogen-bond acceptors (Lipinski definition) is 4. The summed E-state index contributed by atoms with van der Waals surface area (Å²) in [6, 6.07) is 1.65. The predicted octanol–water partition coefficient (Wildman–Crippen LogP) is 2.82. The van der Waals surface area contributed by atoms with Gasteiger partial charge in [-0.05, 0) is 32.8 Å². The van der Waals surface area contributed by atoms with Crippen LogP contribution in [0.4, 0.5) is 0 Å². The summed E-state index contributed by atoms with van der Waals surface area (Å²) in [4.78, 5) is 13.1. The number of carbonyl (C=O) groups is 1. The van der Waals surface area contributed by atoms with E-state index in [4.69, 9.17) is 5.11 Å². The number of nitrogens with one attached hydrogen (secondary N) is 1. The van der Waals surface area contributed by atoms with Gasteiger partial charge in [-0.2, -0.15) is 0 Å². The van der Waals surface area contributed by atoms with Gasteiger partial charge < -0.3 is 5.11 Å². The molecule has 1 aliphatic rings. The molecule has 0 aliphatic heterocycles. The molecule has 0 radical (unpaired) electrons. The first-order valence-corrected chi connectivity index (χ1v) is 9.37. The van der Waals surface area contributed by atoms with Gasteiger partial charge >= 0.3 is 5.97 Å². The summed E-state index contributed by atoms with van der Waals surface area (Å²) < 4.78 is 28.0. The molecule has 0 amide bonds. The van der Waals surface area contributed by atoms with Crippen LogP contribution < -0.4 is 4.72 Å². The number of thiophene rings is 1. The zero-order valence-electron chi connectivity index (χ0n) is 12.3. The average Bonchev–Trinajstić information content (AvgIpc) is 2.68. The average molecular weight is 331 g/mol. The summed E-state index contributed by atoms with van der Waals surface area (Å²) in [5.41, 5.74) is -0.842. The maximum Gasteiger partial charge on any atom is 0.305 e. The van der Waals surface area contributed by atoms with E-state index in [9.17, 15) is 13.2 Å². The molecule has 5 nitrogen and oxygen atoms in total. The quantitative estimate of drug-likeness (QED) is 0.869. The molecule has 1 saturated carbocycles. The first-order valence-electron chi connectivity index (χ1n) is 7.07. The van der Waals surface area contributed by atoms with Crippen LogP contribution in [-0.4, -0.2) is 25.0 Å². The molecule has 7 heteroatoms. The fraction of sp³-hybridized carbons (Fsp3) is 0.643. The van der Waals surface area contributed by atoms with Gasteiger partial charge in [0.05, 0.1) is 11.3 Å². The van der Waals surface area contributed by atoms with E-state index < -0.39 is 21.5 Å². The molecule has 1 aromatic rings. The predicted molar refractivity (Wildman–Crippen MR) is 82.2 cm³/mol. The number of carboxylic acid groups (broad SMARTS) is 1. The maximum atomic E-state index is 12.6. The molecule has 2 rings (SSSR count). The zero-order chi connectivity index (χ0) is 15.7. The van der Waals surface area contributed by atoms with Crippen LogP contribution in [0.25, 0.3) is 0 Å². The van der Waals surface area contributed by atoms with Crippen LogP contribution in [0.3, 0.4) is 0 Å². The van der Waals surface area contributed by atoms with Crippen molar-refractivity contribution >= 4 is 27.3 Å². The Morgan fingerprint density at radius 1 is 1.33 bits per heavy atom. The Hall–Kier alpha value is -0.920. The van der Waals surface area contributed by atoms with Crippen molar-refractivity contribution in [3.05, 3.63) is 15.8 Å². The highest BCUT2D eigenvalue weighted by Crippen LogP contribution is 2.34. The van der Waals surface area contributed by atoms with Gasteiger partial charge in [-0.15, -0.1) is 11.3 Å². The lowest BCUT2D eigenvalue weighted by molar-refractivity contribution is -0.138. The van der Waals surface area contributed by atoms with E-state index in [0.29, 0.717) is 12.8 Å². The van der Waals surface area contributed by atoms with Gasteiger partial charge in [-0.1, -0.05) is 19.3 Å². The minimum atomic E-state index is -3.68. The molecule has 2 N–H and O–H groups in total. The van der Waals surface area contributed by atoms with Crippen molar-refractivity contribution < 1.29 is 18.3 Å². The van der Waals surface area contributed by atoms with Crippen LogP contribution >= 0.6 is 11.3 Å². The van der Waals surface area contributed by atoms with Crippen molar-refractivity contribution in [3.8, 4) is 0 Å². The fourth-order valence-corrected chi connectivity index (χ4v) is 6.06. The Morgan fingerprint density at radius 2 is 1.95 bits per heavy atom. The molecular formula is C14H21NO4S2. The third-order valence-electron chi connectivity index (χ3n) is 3.94. The van der Waals surface area contributed by atoms with Crippen molar-refractivity contribution in [2.24, 2.45) is 0 Å². The number of carboxylic acids is 1. The van der Waals surface area contributed by atoms with E-state index >= 15 is 0 Å². The van der Waals surface area contributed by atoms with Gasteiger partial charge in [0.1, 0.15) is 0 Å². The largest absolute Gasteiger partial charge is 0.481 e. The molecule has 0 spiro atoms. The molecule has 0 bridgehead atoms. The molecule has 1 fully saturated rings. The van der Waals surface area contributed by atoms with E-state index in [-0.39, 0.29) is 11.3 Å². The second kappa shape index (κ2) is 6.06. The van der Waals surface area contributed by atoms with Crippen molar-refractivity contribution in [1.29, 1.82) is 0 Å². The smallest absolute Gasteiger partial charge is 0.305 e. The van der Waals surface area contributed by atoms with Crippen molar-refractivity contribution in [2.75, 3.05) is 0 Å². The summed E-state index contributed by atoms with van der Waals surface area (Å²) in [7, 11) is -3.68. The van der Waals surface area contributed by atoms with Crippen LogP contribution in [0.2, 0.25) is 0 Å². The first-order chi connectivity index (χ1) is 9.74. The van der Waals surface area contributed by atoms with E-state index in [0.717, 1.165) is 29.0 Å². The molecule has 0 saturated heterocycles.